The number of nitrogens with zero attached hydrogens (tertiary/aromatic N) is 2. The van der Waals surface area contributed by atoms with Gasteiger partial charge in [0.25, 0.3) is 0 Å². The molecule has 0 unspecified atom stereocenters. The number of anilines is 1. The van der Waals surface area contributed by atoms with Crippen molar-refractivity contribution in [2.24, 2.45) is 0 Å². The Balaban J connectivity index is 1.54. The molecule has 130 valence electrons. The number of carbonyl (C=O) groups excluding carboxylic acids is 2. The first-order valence-electron chi connectivity index (χ1n) is 8.28. The Kier molecular flexibility index (Phi) is 5.30. The number of nitrogens with one attached hydrogen (secondary N) is 1. The first-order chi connectivity index (χ1) is 11.6. The van der Waals surface area contributed by atoms with Crippen molar-refractivity contribution in [1.29, 1.82) is 0 Å². The van der Waals surface area contributed by atoms with Gasteiger partial charge >= 0.3 is 0 Å². The van der Waals surface area contributed by atoms with Crippen molar-refractivity contribution in [1.82, 2.24) is 10.2 Å². The lowest BCUT2D eigenvalue weighted by molar-refractivity contribution is -0.146. The number of hydrogen-bond donors (Lipinski definition) is 1. The molecule has 3 rings (SSSR count). The highest BCUT2D eigenvalue weighted by atomic mass is 19.1. The Morgan fingerprint density at radius 2 is 2.17 bits per heavy atom. The Morgan fingerprint density at radius 3 is 2.96 bits per heavy atom. The SMILES string of the molecule is O=C(CN1CCOCC1=O)N[C@@H]1CCCN(c2ccccc2F)C1. The zero-order valence-electron chi connectivity index (χ0n) is 13.5. The van der Waals surface area contributed by atoms with E-state index in [9.17, 15) is 14.0 Å². The number of amides is 2. The Bertz CT molecular complexity index is 610. The van der Waals surface area contributed by atoms with E-state index in [0.29, 0.717) is 25.4 Å². The molecule has 2 saturated heterocycles. The summed E-state index contributed by atoms with van der Waals surface area (Å²) in [6.07, 6.45) is 1.74. The molecule has 24 heavy (non-hydrogen) atoms. The average Bonchev–Trinajstić information content (AvgIpc) is 2.57. The van der Waals surface area contributed by atoms with E-state index in [-0.39, 0.29) is 36.8 Å². The standard InChI is InChI=1S/C17H22FN3O3/c18-14-5-1-2-6-15(14)20-7-3-4-13(10-20)19-16(22)11-21-8-9-24-12-17(21)23/h1-2,5-6,13H,3-4,7-12H2,(H,19,22)/t13-/m1/s1. The molecule has 2 amide bonds. The fraction of sp³-hybridized carbons (Fsp3) is 0.529. The third-order valence-electron chi connectivity index (χ3n) is 4.40. The molecule has 0 aromatic heterocycles. The molecular formula is C17H22FN3O3. The molecule has 1 N–H and O–H groups in total. The molecule has 0 saturated carbocycles. The van der Waals surface area contributed by atoms with Crippen LogP contribution in [0, 0.1) is 5.82 Å². The zero-order chi connectivity index (χ0) is 16.9. The molecule has 1 aromatic rings. The molecule has 6 nitrogen and oxygen atoms in total. The van der Waals surface area contributed by atoms with Crippen LogP contribution in [0.3, 0.4) is 0 Å². The summed E-state index contributed by atoms with van der Waals surface area (Å²) in [5.74, 6) is -0.581. The Morgan fingerprint density at radius 1 is 1.33 bits per heavy atom. The van der Waals surface area contributed by atoms with Crippen LogP contribution in [0.25, 0.3) is 0 Å². The fourth-order valence-electron chi connectivity index (χ4n) is 3.19. The first kappa shape index (κ1) is 16.7. The van der Waals surface area contributed by atoms with Gasteiger partial charge in [-0.2, -0.15) is 0 Å². The topological polar surface area (TPSA) is 61.9 Å². The number of morpholine rings is 1. The van der Waals surface area contributed by atoms with E-state index in [4.69, 9.17) is 4.74 Å². The van der Waals surface area contributed by atoms with Crippen molar-refractivity contribution in [3.63, 3.8) is 0 Å². The number of halogens is 1. The van der Waals surface area contributed by atoms with Crippen molar-refractivity contribution in [2.75, 3.05) is 44.3 Å². The van der Waals surface area contributed by atoms with Crippen LogP contribution in [0.1, 0.15) is 12.8 Å². The van der Waals surface area contributed by atoms with Crippen LogP contribution in [-0.2, 0) is 14.3 Å². The molecule has 1 atom stereocenters. The predicted molar refractivity (Wildman–Crippen MR) is 87.2 cm³/mol. The summed E-state index contributed by atoms with van der Waals surface area (Å²) in [7, 11) is 0. The minimum atomic E-state index is -0.247. The van der Waals surface area contributed by atoms with Crippen LogP contribution in [-0.4, -0.2) is 62.1 Å². The van der Waals surface area contributed by atoms with E-state index in [0.717, 1.165) is 19.4 Å². The summed E-state index contributed by atoms with van der Waals surface area (Å²) >= 11 is 0. The van der Waals surface area contributed by atoms with Crippen LogP contribution >= 0.6 is 0 Å². The second-order valence-electron chi connectivity index (χ2n) is 6.17. The van der Waals surface area contributed by atoms with Crippen molar-refractivity contribution in [3.8, 4) is 0 Å². The summed E-state index contributed by atoms with van der Waals surface area (Å²) in [6, 6.07) is 6.64. The minimum absolute atomic E-state index is 0.0395. The smallest absolute Gasteiger partial charge is 0.249 e. The molecule has 0 spiro atoms. The van der Waals surface area contributed by atoms with Crippen LogP contribution in [0.2, 0.25) is 0 Å². The van der Waals surface area contributed by atoms with Crippen LogP contribution < -0.4 is 10.2 Å². The van der Waals surface area contributed by atoms with Gasteiger partial charge in [0.1, 0.15) is 12.4 Å². The lowest BCUT2D eigenvalue weighted by Crippen LogP contribution is -2.52. The molecule has 0 aliphatic carbocycles. The molecule has 1 aromatic carbocycles. The van der Waals surface area contributed by atoms with E-state index in [1.54, 1.807) is 12.1 Å². The van der Waals surface area contributed by atoms with Gasteiger partial charge in [-0.3, -0.25) is 9.59 Å². The van der Waals surface area contributed by atoms with Gasteiger partial charge in [-0.15, -0.1) is 0 Å². The summed E-state index contributed by atoms with van der Waals surface area (Å²) in [5, 5.41) is 2.97. The number of piperidine rings is 1. The fourth-order valence-corrected chi connectivity index (χ4v) is 3.19. The molecule has 2 heterocycles. The minimum Gasteiger partial charge on any atom is -0.370 e. The quantitative estimate of drug-likeness (QED) is 0.883. The lowest BCUT2D eigenvalue weighted by atomic mass is 10.0. The van der Waals surface area contributed by atoms with Crippen LogP contribution in [0.4, 0.5) is 10.1 Å². The van der Waals surface area contributed by atoms with Crippen molar-refractivity contribution < 1.29 is 18.7 Å². The van der Waals surface area contributed by atoms with Crippen molar-refractivity contribution in [3.05, 3.63) is 30.1 Å². The largest absolute Gasteiger partial charge is 0.370 e. The van der Waals surface area contributed by atoms with Gasteiger partial charge in [0.05, 0.1) is 18.8 Å². The number of ether oxygens (including phenoxy) is 1. The van der Waals surface area contributed by atoms with E-state index >= 15 is 0 Å². The molecule has 7 heteroatoms. The number of carbonyl (C=O) groups is 2. The van der Waals surface area contributed by atoms with Gasteiger partial charge in [-0.1, -0.05) is 12.1 Å². The van der Waals surface area contributed by atoms with Crippen LogP contribution in [0.5, 0.6) is 0 Å². The summed E-state index contributed by atoms with van der Waals surface area (Å²) < 4.78 is 19.0. The molecular weight excluding hydrogens is 313 g/mol. The highest BCUT2D eigenvalue weighted by molar-refractivity contribution is 5.85. The predicted octanol–water partition coefficient (Wildman–Crippen LogP) is 0.770. The maximum Gasteiger partial charge on any atom is 0.249 e. The number of hydrogen-bond acceptors (Lipinski definition) is 4. The van der Waals surface area contributed by atoms with E-state index in [1.165, 1.54) is 11.0 Å². The molecule has 2 aliphatic heterocycles. The molecule has 2 aliphatic rings. The lowest BCUT2D eigenvalue weighted by Gasteiger charge is -2.35. The average molecular weight is 335 g/mol. The number of para-hydroxylation sites is 1. The van der Waals surface area contributed by atoms with Gasteiger partial charge in [-0.05, 0) is 25.0 Å². The van der Waals surface area contributed by atoms with E-state index < -0.39 is 0 Å². The molecule has 2 fully saturated rings. The van der Waals surface area contributed by atoms with E-state index in [1.807, 2.05) is 11.0 Å². The zero-order valence-corrected chi connectivity index (χ0v) is 13.5. The van der Waals surface area contributed by atoms with E-state index in [2.05, 4.69) is 5.32 Å². The third-order valence-corrected chi connectivity index (χ3v) is 4.40. The van der Waals surface area contributed by atoms with Gasteiger partial charge in [0.15, 0.2) is 0 Å². The van der Waals surface area contributed by atoms with Gasteiger partial charge in [0.2, 0.25) is 11.8 Å². The maximum atomic E-state index is 13.9. The molecule has 0 bridgehead atoms. The summed E-state index contributed by atoms with van der Waals surface area (Å²) in [6.45, 7) is 2.34. The third kappa shape index (κ3) is 4.03. The molecule has 0 radical (unpaired) electrons. The van der Waals surface area contributed by atoms with Crippen molar-refractivity contribution >= 4 is 17.5 Å². The van der Waals surface area contributed by atoms with Crippen molar-refractivity contribution in [2.45, 2.75) is 18.9 Å². The normalized spacial score (nSPS) is 21.7. The van der Waals surface area contributed by atoms with Gasteiger partial charge < -0.3 is 19.9 Å². The monoisotopic (exact) mass is 335 g/mol. The second-order valence-corrected chi connectivity index (χ2v) is 6.17. The first-order valence-corrected chi connectivity index (χ1v) is 8.28. The summed E-state index contributed by atoms with van der Waals surface area (Å²) in [5.41, 5.74) is 0.569. The summed E-state index contributed by atoms with van der Waals surface area (Å²) in [4.78, 5) is 27.3. The highest BCUT2D eigenvalue weighted by Gasteiger charge is 2.25. The Labute approximate surface area is 140 Å². The van der Waals surface area contributed by atoms with Gasteiger partial charge in [0, 0.05) is 25.7 Å². The number of rotatable bonds is 4. The van der Waals surface area contributed by atoms with Gasteiger partial charge in [-0.25, -0.2) is 4.39 Å². The Hall–Kier alpha value is -2.15. The number of benzene rings is 1. The van der Waals surface area contributed by atoms with Crippen LogP contribution in [0.15, 0.2) is 24.3 Å². The highest BCUT2D eigenvalue weighted by Crippen LogP contribution is 2.22. The second kappa shape index (κ2) is 7.61. The maximum absolute atomic E-state index is 13.9.